The predicted molar refractivity (Wildman–Crippen MR) is 68.2 cm³/mol. The molecule has 0 aromatic heterocycles. The molecule has 3 heteroatoms. The highest BCUT2D eigenvalue weighted by atomic mass is 79.9. The molecule has 2 rings (SSSR count). The van der Waals surface area contributed by atoms with Crippen LogP contribution in [0.4, 0.5) is 0 Å². The van der Waals surface area contributed by atoms with Gasteiger partial charge < -0.3 is 5.32 Å². The molecule has 1 aliphatic carbocycles. The van der Waals surface area contributed by atoms with E-state index in [1.807, 2.05) is 12.1 Å². The van der Waals surface area contributed by atoms with Gasteiger partial charge in [-0.1, -0.05) is 40.4 Å². The van der Waals surface area contributed by atoms with Crippen LogP contribution in [0.25, 0.3) is 0 Å². The molecule has 1 aromatic rings. The van der Waals surface area contributed by atoms with Crippen LogP contribution in [0.1, 0.15) is 31.2 Å². The molecule has 82 valence electrons. The van der Waals surface area contributed by atoms with Crippen molar-refractivity contribution < 1.29 is 0 Å². The molecule has 0 aliphatic heterocycles. The van der Waals surface area contributed by atoms with E-state index >= 15 is 0 Å². The Morgan fingerprint density at radius 3 is 2.67 bits per heavy atom. The summed E-state index contributed by atoms with van der Waals surface area (Å²) in [5.74, 6) is 0. The van der Waals surface area contributed by atoms with E-state index in [9.17, 15) is 0 Å². The lowest BCUT2D eigenvalue weighted by Crippen LogP contribution is -2.25. The normalized spacial score (nSPS) is 17.2. The number of hydrogen-bond donors (Lipinski definition) is 1. The van der Waals surface area contributed by atoms with Gasteiger partial charge in [-0.05, 0) is 36.6 Å². The third kappa shape index (κ3) is 3.47. The molecule has 1 aliphatic rings. The fraction of sp³-hybridized carbons (Fsp3) is 0.500. The molecule has 0 heterocycles. The standard InChI is InChI=1S/C12H15BrClN/c13-10-5-9(6-11(14)7-10)8-15-12-3-1-2-4-12/h5-7,12,15H,1-4,8H2. The first-order valence-electron chi connectivity index (χ1n) is 5.42. The smallest absolute Gasteiger partial charge is 0.0420 e. The van der Waals surface area contributed by atoms with Crippen LogP contribution in [-0.4, -0.2) is 6.04 Å². The summed E-state index contributed by atoms with van der Waals surface area (Å²) >= 11 is 9.44. The molecule has 0 amide bonds. The number of rotatable bonds is 3. The summed E-state index contributed by atoms with van der Waals surface area (Å²) in [5.41, 5.74) is 1.25. The van der Waals surface area contributed by atoms with Crippen LogP contribution in [-0.2, 0) is 6.54 Å². The van der Waals surface area contributed by atoms with Crippen LogP contribution in [0, 0.1) is 0 Å². The average molecular weight is 289 g/mol. The van der Waals surface area contributed by atoms with Crippen LogP contribution >= 0.6 is 27.5 Å². The molecule has 0 unspecified atom stereocenters. The number of hydrogen-bond acceptors (Lipinski definition) is 1. The Bertz CT molecular complexity index is 314. The first-order valence-corrected chi connectivity index (χ1v) is 6.59. The van der Waals surface area contributed by atoms with Crippen LogP contribution in [0.5, 0.6) is 0 Å². The van der Waals surface area contributed by atoms with Gasteiger partial charge in [0.15, 0.2) is 0 Å². The molecule has 0 spiro atoms. The minimum Gasteiger partial charge on any atom is -0.310 e. The van der Waals surface area contributed by atoms with Gasteiger partial charge in [-0.25, -0.2) is 0 Å². The van der Waals surface area contributed by atoms with Gasteiger partial charge >= 0.3 is 0 Å². The second-order valence-corrected chi connectivity index (χ2v) is 5.49. The van der Waals surface area contributed by atoms with Gasteiger partial charge in [0.1, 0.15) is 0 Å². The van der Waals surface area contributed by atoms with Gasteiger partial charge in [0.25, 0.3) is 0 Å². The first-order chi connectivity index (χ1) is 7.24. The Hall–Kier alpha value is -0.0500. The molecule has 1 aromatic carbocycles. The van der Waals surface area contributed by atoms with E-state index in [1.54, 1.807) is 0 Å². The second-order valence-electron chi connectivity index (χ2n) is 4.14. The number of halogens is 2. The Balaban J connectivity index is 1.92. The van der Waals surface area contributed by atoms with E-state index in [0.717, 1.165) is 16.0 Å². The summed E-state index contributed by atoms with van der Waals surface area (Å²) in [6, 6.07) is 6.77. The molecule has 1 nitrogen and oxygen atoms in total. The highest BCUT2D eigenvalue weighted by Gasteiger charge is 2.13. The van der Waals surface area contributed by atoms with E-state index in [4.69, 9.17) is 11.6 Å². The first kappa shape index (κ1) is 11.4. The summed E-state index contributed by atoms with van der Waals surface area (Å²) in [6.45, 7) is 0.920. The van der Waals surface area contributed by atoms with Crippen molar-refractivity contribution in [3.63, 3.8) is 0 Å². The average Bonchev–Trinajstić information content (AvgIpc) is 2.65. The maximum absolute atomic E-state index is 5.99. The quantitative estimate of drug-likeness (QED) is 0.881. The van der Waals surface area contributed by atoms with Crippen molar-refractivity contribution >= 4 is 27.5 Å². The Morgan fingerprint density at radius 1 is 1.27 bits per heavy atom. The van der Waals surface area contributed by atoms with E-state index in [2.05, 4.69) is 27.3 Å². The summed E-state index contributed by atoms with van der Waals surface area (Å²) < 4.78 is 1.05. The minimum absolute atomic E-state index is 0.711. The van der Waals surface area contributed by atoms with Gasteiger partial charge in [-0.2, -0.15) is 0 Å². The third-order valence-electron chi connectivity index (χ3n) is 2.87. The SMILES string of the molecule is Clc1cc(Br)cc(CNC2CCCC2)c1. The lowest BCUT2D eigenvalue weighted by atomic mass is 10.2. The largest absolute Gasteiger partial charge is 0.310 e. The van der Waals surface area contributed by atoms with Gasteiger partial charge in [0.05, 0.1) is 0 Å². The van der Waals surface area contributed by atoms with Crippen LogP contribution < -0.4 is 5.32 Å². The van der Waals surface area contributed by atoms with Crippen molar-refractivity contribution in [2.24, 2.45) is 0 Å². The Labute approximate surface area is 104 Å². The lowest BCUT2D eigenvalue weighted by Gasteiger charge is -2.12. The molecule has 0 atom stereocenters. The Morgan fingerprint density at radius 2 is 2.00 bits per heavy atom. The molecule has 0 radical (unpaired) electrons. The molecule has 1 N–H and O–H groups in total. The van der Waals surface area contributed by atoms with E-state index in [0.29, 0.717) is 6.04 Å². The topological polar surface area (TPSA) is 12.0 Å². The third-order valence-corrected chi connectivity index (χ3v) is 3.55. The summed E-state index contributed by atoms with van der Waals surface area (Å²) in [5, 5.41) is 4.37. The van der Waals surface area contributed by atoms with Crippen molar-refractivity contribution in [2.75, 3.05) is 0 Å². The highest BCUT2D eigenvalue weighted by molar-refractivity contribution is 9.10. The molecule has 1 saturated carbocycles. The highest BCUT2D eigenvalue weighted by Crippen LogP contribution is 2.21. The fourth-order valence-corrected chi connectivity index (χ4v) is 3.04. The molecular weight excluding hydrogens is 273 g/mol. The summed E-state index contributed by atoms with van der Waals surface area (Å²) in [4.78, 5) is 0. The van der Waals surface area contributed by atoms with Gasteiger partial charge in [0.2, 0.25) is 0 Å². The van der Waals surface area contributed by atoms with E-state index < -0.39 is 0 Å². The molecule has 15 heavy (non-hydrogen) atoms. The molecular formula is C12H15BrClN. The monoisotopic (exact) mass is 287 g/mol. The fourth-order valence-electron chi connectivity index (χ4n) is 2.11. The maximum atomic E-state index is 5.99. The minimum atomic E-state index is 0.711. The maximum Gasteiger partial charge on any atom is 0.0420 e. The van der Waals surface area contributed by atoms with Gasteiger partial charge in [-0.3, -0.25) is 0 Å². The Kier molecular flexibility index (Phi) is 4.06. The molecule has 1 fully saturated rings. The van der Waals surface area contributed by atoms with Crippen molar-refractivity contribution in [3.8, 4) is 0 Å². The van der Waals surface area contributed by atoms with Crippen molar-refractivity contribution in [1.82, 2.24) is 5.32 Å². The molecule has 0 bridgehead atoms. The van der Waals surface area contributed by atoms with Crippen molar-refractivity contribution in [3.05, 3.63) is 33.3 Å². The summed E-state index contributed by atoms with van der Waals surface area (Å²) in [7, 11) is 0. The second kappa shape index (κ2) is 5.33. The van der Waals surface area contributed by atoms with E-state index in [1.165, 1.54) is 31.2 Å². The zero-order chi connectivity index (χ0) is 10.7. The van der Waals surface area contributed by atoms with Crippen molar-refractivity contribution in [2.45, 2.75) is 38.3 Å². The van der Waals surface area contributed by atoms with Crippen LogP contribution in [0.3, 0.4) is 0 Å². The van der Waals surface area contributed by atoms with E-state index in [-0.39, 0.29) is 0 Å². The zero-order valence-corrected chi connectivity index (χ0v) is 10.9. The predicted octanol–water partition coefficient (Wildman–Crippen LogP) is 4.13. The number of nitrogens with one attached hydrogen (secondary N) is 1. The van der Waals surface area contributed by atoms with Crippen molar-refractivity contribution in [1.29, 1.82) is 0 Å². The van der Waals surface area contributed by atoms with Crippen LogP contribution in [0.15, 0.2) is 22.7 Å². The number of benzene rings is 1. The molecule has 0 saturated heterocycles. The summed E-state index contributed by atoms with van der Waals surface area (Å²) in [6.07, 6.45) is 5.39. The van der Waals surface area contributed by atoms with Gasteiger partial charge in [-0.15, -0.1) is 0 Å². The van der Waals surface area contributed by atoms with Gasteiger partial charge in [0, 0.05) is 22.1 Å². The van der Waals surface area contributed by atoms with Crippen LogP contribution in [0.2, 0.25) is 5.02 Å². The lowest BCUT2D eigenvalue weighted by molar-refractivity contribution is 0.524. The zero-order valence-electron chi connectivity index (χ0n) is 8.60.